The van der Waals surface area contributed by atoms with Crippen LogP contribution >= 0.6 is 7.75 Å². The van der Waals surface area contributed by atoms with E-state index in [-0.39, 0.29) is 0 Å². The number of benzene rings is 1. The largest absolute Gasteiger partial charge is 0.432 e. The van der Waals surface area contributed by atoms with Crippen molar-refractivity contribution < 1.29 is 13.6 Å². The first kappa shape index (κ1) is 14.0. The zero-order chi connectivity index (χ0) is 12.7. The summed E-state index contributed by atoms with van der Waals surface area (Å²) in [6.07, 6.45) is 1.74. The molecule has 1 aromatic carbocycles. The Morgan fingerprint density at radius 2 is 1.76 bits per heavy atom. The highest BCUT2D eigenvalue weighted by atomic mass is 31.2. The molecular weight excluding hydrogens is 237 g/mol. The van der Waals surface area contributed by atoms with Crippen molar-refractivity contribution in [3.05, 3.63) is 36.4 Å². The zero-order valence-corrected chi connectivity index (χ0v) is 11.1. The summed E-state index contributed by atoms with van der Waals surface area (Å²) < 4.78 is 22.4. The number of hydrogen-bond acceptors (Lipinski definition) is 3. The smallest absolute Gasteiger partial charge is 0.293 e. The normalized spacial score (nSPS) is 11.2. The van der Waals surface area contributed by atoms with Gasteiger partial charge >= 0.3 is 7.75 Å². The van der Waals surface area contributed by atoms with Crippen molar-refractivity contribution in [1.82, 2.24) is 0 Å². The summed E-state index contributed by atoms with van der Waals surface area (Å²) in [5.74, 6) is 0. The molecule has 0 unspecified atom stereocenters. The standard InChI is InChI=1S/C12H18NO3P/c1-4-11-7-9-12(10-8-11)13-17(14,15-5-2)16-6-3/h4,7-10H,1,5-6H2,2-3H3,(H,13,14). The fourth-order valence-electron chi connectivity index (χ4n) is 1.29. The van der Waals surface area contributed by atoms with Gasteiger partial charge < -0.3 is 0 Å². The fraction of sp³-hybridized carbons (Fsp3) is 0.333. The molecule has 0 saturated carbocycles. The minimum absolute atomic E-state index is 0.328. The maximum Gasteiger partial charge on any atom is 0.432 e. The summed E-state index contributed by atoms with van der Waals surface area (Å²) in [6, 6.07) is 7.36. The first-order valence-corrected chi connectivity index (χ1v) is 7.07. The highest BCUT2D eigenvalue weighted by molar-refractivity contribution is 7.55. The molecule has 0 aliphatic heterocycles. The van der Waals surface area contributed by atoms with Gasteiger partial charge in [-0.2, -0.15) is 0 Å². The molecule has 0 amide bonds. The van der Waals surface area contributed by atoms with Crippen LogP contribution in [0.15, 0.2) is 30.8 Å². The zero-order valence-electron chi connectivity index (χ0n) is 10.2. The van der Waals surface area contributed by atoms with Crippen molar-refractivity contribution in [2.45, 2.75) is 13.8 Å². The van der Waals surface area contributed by atoms with Gasteiger partial charge in [0.2, 0.25) is 0 Å². The van der Waals surface area contributed by atoms with Crippen molar-refractivity contribution in [1.29, 1.82) is 0 Å². The van der Waals surface area contributed by atoms with Crippen LogP contribution in [0.2, 0.25) is 0 Å². The van der Waals surface area contributed by atoms with E-state index in [4.69, 9.17) is 9.05 Å². The average molecular weight is 255 g/mol. The summed E-state index contributed by atoms with van der Waals surface area (Å²) in [5.41, 5.74) is 1.69. The van der Waals surface area contributed by atoms with Gasteiger partial charge in [-0.3, -0.25) is 14.1 Å². The van der Waals surface area contributed by atoms with Gasteiger partial charge in [-0.15, -0.1) is 0 Å². The second kappa shape index (κ2) is 6.60. The Kier molecular flexibility index (Phi) is 5.42. The lowest BCUT2D eigenvalue weighted by Gasteiger charge is -2.18. The lowest BCUT2D eigenvalue weighted by Crippen LogP contribution is -2.04. The molecule has 0 radical (unpaired) electrons. The molecule has 5 heteroatoms. The summed E-state index contributed by atoms with van der Waals surface area (Å²) in [5, 5.41) is 2.79. The topological polar surface area (TPSA) is 47.6 Å². The minimum atomic E-state index is -3.24. The highest BCUT2D eigenvalue weighted by Gasteiger charge is 2.23. The molecule has 0 saturated heterocycles. The molecule has 1 N–H and O–H groups in total. The van der Waals surface area contributed by atoms with E-state index in [1.54, 1.807) is 19.9 Å². The van der Waals surface area contributed by atoms with Gasteiger partial charge in [-0.05, 0) is 31.5 Å². The third-order valence-corrected chi connectivity index (χ3v) is 3.74. The van der Waals surface area contributed by atoms with E-state index in [0.717, 1.165) is 5.56 Å². The molecule has 0 aliphatic rings. The van der Waals surface area contributed by atoms with Crippen LogP contribution in [-0.4, -0.2) is 13.2 Å². The van der Waals surface area contributed by atoms with Crippen LogP contribution < -0.4 is 5.09 Å². The Labute approximate surface area is 102 Å². The SMILES string of the molecule is C=Cc1ccc(NP(=O)(OCC)OCC)cc1. The molecule has 0 aliphatic carbocycles. The van der Waals surface area contributed by atoms with Gasteiger partial charge in [0.25, 0.3) is 0 Å². The summed E-state index contributed by atoms with van der Waals surface area (Å²) in [7, 11) is -3.24. The monoisotopic (exact) mass is 255 g/mol. The van der Waals surface area contributed by atoms with Gasteiger partial charge in [0.1, 0.15) is 0 Å². The van der Waals surface area contributed by atoms with Gasteiger partial charge in [0.05, 0.1) is 13.2 Å². The molecule has 0 spiro atoms. The van der Waals surface area contributed by atoms with Crippen molar-refractivity contribution in [3.8, 4) is 0 Å². The molecule has 94 valence electrons. The van der Waals surface area contributed by atoms with E-state index in [2.05, 4.69) is 11.7 Å². The first-order valence-electron chi connectivity index (χ1n) is 5.53. The second-order valence-electron chi connectivity index (χ2n) is 3.27. The first-order chi connectivity index (χ1) is 8.13. The van der Waals surface area contributed by atoms with Gasteiger partial charge in [-0.1, -0.05) is 24.8 Å². The van der Waals surface area contributed by atoms with Crippen molar-refractivity contribution in [2.24, 2.45) is 0 Å². The van der Waals surface area contributed by atoms with E-state index < -0.39 is 7.75 Å². The minimum Gasteiger partial charge on any atom is -0.293 e. The Morgan fingerprint density at radius 3 is 2.18 bits per heavy atom. The van der Waals surface area contributed by atoms with Crippen LogP contribution in [0.25, 0.3) is 6.08 Å². The van der Waals surface area contributed by atoms with E-state index in [0.29, 0.717) is 18.9 Å². The van der Waals surface area contributed by atoms with Crippen molar-refractivity contribution in [3.63, 3.8) is 0 Å². The maximum atomic E-state index is 12.2. The van der Waals surface area contributed by atoms with Crippen LogP contribution in [0.1, 0.15) is 19.4 Å². The van der Waals surface area contributed by atoms with E-state index >= 15 is 0 Å². The van der Waals surface area contributed by atoms with Crippen LogP contribution in [0, 0.1) is 0 Å². The molecule has 1 aromatic rings. The third-order valence-electron chi connectivity index (χ3n) is 2.01. The van der Waals surface area contributed by atoms with Crippen molar-refractivity contribution in [2.75, 3.05) is 18.3 Å². The maximum absolute atomic E-state index is 12.2. The second-order valence-corrected chi connectivity index (χ2v) is 5.01. The molecule has 4 nitrogen and oxygen atoms in total. The Morgan fingerprint density at radius 1 is 1.24 bits per heavy atom. The third kappa shape index (κ3) is 4.35. The Hall–Kier alpha value is -1.09. The molecule has 0 heterocycles. The number of hydrogen-bond donors (Lipinski definition) is 1. The van der Waals surface area contributed by atoms with Crippen LogP contribution in [0.3, 0.4) is 0 Å². The molecule has 0 bridgehead atoms. The van der Waals surface area contributed by atoms with Crippen LogP contribution in [-0.2, 0) is 13.6 Å². The van der Waals surface area contributed by atoms with E-state index in [9.17, 15) is 4.57 Å². The molecule has 0 atom stereocenters. The molecular formula is C12H18NO3P. The van der Waals surface area contributed by atoms with Crippen LogP contribution in [0.4, 0.5) is 5.69 Å². The van der Waals surface area contributed by atoms with Gasteiger partial charge in [0.15, 0.2) is 0 Å². The summed E-state index contributed by atoms with van der Waals surface area (Å²) >= 11 is 0. The molecule has 0 fully saturated rings. The lowest BCUT2D eigenvalue weighted by atomic mass is 10.2. The summed E-state index contributed by atoms with van der Waals surface area (Å²) in [4.78, 5) is 0. The number of anilines is 1. The van der Waals surface area contributed by atoms with E-state index in [1.807, 2.05) is 24.3 Å². The lowest BCUT2D eigenvalue weighted by molar-refractivity contribution is 0.225. The summed E-state index contributed by atoms with van der Waals surface area (Å²) in [6.45, 7) is 7.87. The quantitative estimate of drug-likeness (QED) is 0.750. The fourth-order valence-corrected chi connectivity index (χ4v) is 2.64. The predicted octanol–water partition coefficient (Wildman–Crippen LogP) is 3.92. The molecule has 17 heavy (non-hydrogen) atoms. The van der Waals surface area contributed by atoms with E-state index in [1.165, 1.54) is 0 Å². The van der Waals surface area contributed by atoms with Gasteiger partial charge in [-0.25, -0.2) is 4.57 Å². The Bertz CT molecular complexity index is 393. The van der Waals surface area contributed by atoms with Gasteiger partial charge in [0, 0.05) is 5.69 Å². The predicted molar refractivity (Wildman–Crippen MR) is 71.0 cm³/mol. The molecule has 0 aromatic heterocycles. The highest BCUT2D eigenvalue weighted by Crippen LogP contribution is 2.47. The number of rotatable bonds is 7. The van der Waals surface area contributed by atoms with Crippen molar-refractivity contribution >= 4 is 19.5 Å². The van der Waals surface area contributed by atoms with Crippen LogP contribution in [0.5, 0.6) is 0 Å². The number of nitrogens with one attached hydrogen (secondary N) is 1. The molecule has 1 rings (SSSR count). The Balaban J connectivity index is 2.78. The average Bonchev–Trinajstić information content (AvgIpc) is 2.30.